The number of carbonyl (C=O) groups is 2. The van der Waals surface area contributed by atoms with Gasteiger partial charge in [0, 0.05) is 24.0 Å². The van der Waals surface area contributed by atoms with E-state index in [4.69, 9.17) is 14.2 Å². The van der Waals surface area contributed by atoms with Gasteiger partial charge in [-0.15, -0.1) is 11.3 Å². The van der Waals surface area contributed by atoms with Crippen molar-refractivity contribution in [3.05, 3.63) is 65.2 Å². The van der Waals surface area contributed by atoms with E-state index in [0.717, 1.165) is 42.9 Å². The molecule has 8 heteroatoms. The Morgan fingerprint density at radius 3 is 2.56 bits per heavy atom. The Balaban J connectivity index is 1.35. The Hall–Kier alpha value is -3.39. The number of piperidine rings is 1. The Morgan fingerprint density at radius 1 is 1.00 bits per heavy atom. The quantitative estimate of drug-likeness (QED) is 0.403. The van der Waals surface area contributed by atoms with E-state index in [-0.39, 0.29) is 19.1 Å². The van der Waals surface area contributed by atoms with Crippen molar-refractivity contribution >= 4 is 23.2 Å². The van der Waals surface area contributed by atoms with E-state index < -0.39 is 5.97 Å². The van der Waals surface area contributed by atoms with Crippen molar-refractivity contribution in [2.24, 2.45) is 0 Å². The molecule has 0 saturated carbocycles. The van der Waals surface area contributed by atoms with Gasteiger partial charge in [-0.1, -0.05) is 30.3 Å². The van der Waals surface area contributed by atoms with Crippen LogP contribution in [0.3, 0.4) is 0 Å². The molecule has 0 aliphatic carbocycles. The van der Waals surface area contributed by atoms with Gasteiger partial charge in [0.05, 0.1) is 17.9 Å². The Labute approximate surface area is 203 Å². The van der Waals surface area contributed by atoms with Gasteiger partial charge in [-0.2, -0.15) is 0 Å². The lowest BCUT2D eigenvalue weighted by atomic mass is 10.1. The Morgan fingerprint density at radius 2 is 1.79 bits per heavy atom. The van der Waals surface area contributed by atoms with Gasteiger partial charge in [0.15, 0.2) is 18.1 Å². The van der Waals surface area contributed by atoms with Gasteiger partial charge in [-0.3, -0.25) is 4.79 Å². The number of thiazole rings is 1. The van der Waals surface area contributed by atoms with E-state index in [9.17, 15) is 9.59 Å². The van der Waals surface area contributed by atoms with Crippen LogP contribution in [0.25, 0.3) is 10.6 Å². The molecule has 3 aromatic rings. The topological polar surface area (TPSA) is 78.0 Å². The van der Waals surface area contributed by atoms with Crippen molar-refractivity contribution in [3.8, 4) is 22.1 Å². The van der Waals surface area contributed by atoms with Crippen LogP contribution in [0.15, 0.2) is 53.9 Å². The maximum Gasteiger partial charge on any atom is 0.338 e. The number of likely N-dealkylation sites (tertiary alicyclic amines) is 1. The summed E-state index contributed by atoms with van der Waals surface area (Å²) >= 11 is 1.51. The van der Waals surface area contributed by atoms with Gasteiger partial charge in [0.25, 0.3) is 5.91 Å². The zero-order valence-electron chi connectivity index (χ0n) is 19.2. The molecule has 0 N–H and O–H groups in total. The van der Waals surface area contributed by atoms with Gasteiger partial charge < -0.3 is 19.1 Å². The summed E-state index contributed by atoms with van der Waals surface area (Å²) in [5.41, 5.74) is 2.07. The molecule has 1 aliphatic rings. The van der Waals surface area contributed by atoms with Crippen LogP contribution >= 0.6 is 11.3 Å². The smallest absolute Gasteiger partial charge is 0.338 e. The summed E-state index contributed by atoms with van der Waals surface area (Å²) in [6.07, 6.45) is 3.22. The molecule has 0 radical (unpaired) electrons. The number of hydrogen-bond donors (Lipinski definition) is 0. The van der Waals surface area contributed by atoms with Crippen molar-refractivity contribution in [2.45, 2.75) is 32.8 Å². The molecule has 1 saturated heterocycles. The summed E-state index contributed by atoms with van der Waals surface area (Å²) in [6.45, 7) is 3.82. The molecule has 2 heterocycles. The second-order valence-corrected chi connectivity index (χ2v) is 8.77. The van der Waals surface area contributed by atoms with Crippen LogP contribution in [0.1, 0.15) is 42.2 Å². The highest BCUT2D eigenvalue weighted by molar-refractivity contribution is 7.13. The van der Waals surface area contributed by atoms with E-state index in [1.54, 1.807) is 18.2 Å². The predicted octanol–water partition coefficient (Wildman–Crippen LogP) is 4.96. The molecule has 34 heavy (non-hydrogen) atoms. The van der Waals surface area contributed by atoms with Crippen LogP contribution < -0.4 is 9.47 Å². The number of ether oxygens (including phenoxy) is 3. The zero-order chi connectivity index (χ0) is 23.8. The van der Waals surface area contributed by atoms with Crippen molar-refractivity contribution in [1.29, 1.82) is 0 Å². The standard InChI is InChI=1S/C26H28N2O5S/c1-2-31-23-15-20(11-12-22(23)32-17-24(29)28-13-7-4-8-14-28)26(30)33-16-21-18-34-25(27-21)19-9-5-3-6-10-19/h3,5-6,9-12,15,18H,2,4,7-8,13-14,16-17H2,1H3. The Bertz CT molecular complexity index is 1110. The van der Waals surface area contributed by atoms with Crippen molar-refractivity contribution < 1.29 is 23.8 Å². The summed E-state index contributed by atoms with van der Waals surface area (Å²) in [5.74, 6) is 0.314. The summed E-state index contributed by atoms with van der Waals surface area (Å²) < 4.78 is 16.9. The van der Waals surface area contributed by atoms with Crippen molar-refractivity contribution in [2.75, 3.05) is 26.3 Å². The molecule has 4 rings (SSSR count). The van der Waals surface area contributed by atoms with E-state index >= 15 is 0 Å². The number of amides is 1. The maximum atomic E-state index is 12.6. The van der Waals surface area contributed by atoms with E-state index in [2.05, 4.69) is 4.98 Å². The minimum absolute atomic E-state index is 0.0382. The molecule has 0 unspecified atom stereocenters. The second kappa shape index (κ2) is 11.7. The monoisotopic (exact) mass is 480 g/mol. The average molecular weight is 481 g/mol. The van der Waals surface area contributed by atoms with Gasteiger partial charge in [-0.05, 0) is 44.4 Å². The summed E-state index contributed by atoms with van der Waals surface area (Å²) in [6, 6.07) is 14.7. The molecule has 178 valence electrons. The Kier molecular flexibility index (Phi) is 8.14. The molecule has 0 atom stereocenters. The fraction of sp³-hybridized carbons (Fsp3) is 0.346. The largest absolute Gasteiger partial charge is 0.490 e. The van der Waals surface area contributed by atoms with E-state index in [1.165, 1.54) is 11.3 Å². The van der Waals surface area contributed by atoms with Crippen molar-refractivity contribution in [1.82, 2.24) is 9.88 Å². The number of hydrogen-bond acceptors (Lipinski definition) is 7. The first-order valence-electron chi connectivity index (χ1n) is 11.5. The molecular formula is C26H28N2O5S. The van der Waals surface area contributed by atoms with Crippen molar-refractivity contribution in [3.63, 3.8) is 0 Å². The zero-order valence-corrected chi connectivity index (χ0v) is 20.0. The number of nitrogens with zero attached hydrogens (tertiary/aromatic N) is 2. The second-order valence-electron chi connectivity index (χ2n) is 7.91. The van der Waals surface area contributed by atoms with E-state index in [0.29, 0.717) is 29.4 Å². The molecular weight excluding hydrogens is 452 g/mol. The highest BCUT2D eigenvalue weighted by Gasteiger charge is 2.19. The fourth-order valence-corrected chi connectivity index (χ4v) is 4.52. The lowest BCUT2D eigenvalue weighted by molar-refractivity contribution is -0.134. The predicted molar refractivity (Wildman–Crippen MR) is 130 cm³/mol. The molecule has 2 aromatic carbocycles. The number of benzene rings is 2. The number of rotatable bonds is 9. The summed E-state index contributed by atoms with van der Waals surface area (Å²) in [5, 5.41) is 2.77. The van der Waals surface area contributed by atoms with Crippen LogP contribution in [0.2, 0.25) is 0 Å². The van der Waals surface area contributed by atoms with Crippen LogP contribution in [0, 0.1) is 0 Å². The highest BCUT2D eigenvalue weighted by Crippen LogP contribution is 2.29. The van der Waals surface area contributed by atoms with Gasteiger partial charge in [0.1, 0.15) is 11.6 Å². The third-order valence-corrected chi connectivity index (χ3v) is 6.40. The molecule has 1 aromatic heterocycles. The number of carbonyl (C=O) groups excluding carboxylic acids is 2. The van der Waals surface area contributed by atoms with Crippen LogP contribution in [-0.4, -0.2) is 48.1 Å². The number of aromatic nitrogens is 1. The molecule has 1 aliphatic heterocycles. The normalized spacial score (nSPS) is 13.4. The van der Waals surface area contributed by atoms with Gasteiger partial charge >= 0.3 is 5.97 Å². The van der Waals surface area contributed by atoms with E-state index in [1.807, 2.05) is 47.5 Å². The van der Waals surface area contributed by atoms with Crippen LogP contribution in [-0.2, 0) is 16.1 Å². The molecule has 7 nitrogen and oxygen atoms in total. The van der Waals surface area contributed by atoms with Crippen LogP contribution in [0.5, 0.6) is 11.5 Å². The fourth-order valence-electron chi connectivity index (χ4n) is 3.71. The summed E-state index contributed by atoms with van der Waals surface area (Å²) in [4.78, 5) is 31.4. The molecule has 0 bridgehead atoms. The third-order valence-electron chi connectivity index (χ3n) is 5.46. The van der Waals surface area contributed by atoms with Crippen LogP contribution in [0.4, 0.5) is 0 Å². The lowest BCUT2D eigenvalue weighted by Gasteiger charge is -2.26. The maximum absolute atomic E-state index is 12.6. The summed E-state index contributed by atoms with van der Waals surface area (Å²) in [7, 11) is 0. The van der Waals surface area contributed by atoms with Gasteiger partial charge in [-0.25, -0.2) is 9.78 Å². The molecule has 1 fully saturated rings. The first-order valence-corrected chi connectivity index (χ1v) is 12.4. The van der Waals surface area contributed by atoms with Gasteiger partial charge in [0.2, 0.25) is 0 Å². The first kappa shape index (κ1) is 23.8. The number of esters is 1. The molecule has 1 amide bonds. The minimum atomic E-state index is -0.480. The first-order chi connectivity index (χ1) is 16.6. The lowest BCUT2D eigenvalue weighted by Crippen LogP contribution is -2.38. The highest BCUT2D eigenvalue weighted by atomic mass is 32.1. The molecule has 0 spiro atoms. The third kappa shape index (κ3) is 6.14. The SMILES string of the molecule is CCOc1cc(C(=O)OCc2csc(-c3ccccc3)n2)ccc1OCC(=O)N1CCCCC1. The minimum Gasteiger partial charge on any atom is -0.490 e. The average Bonchev–Trinajstić information content (AvgIpc) is 3.37.